The molecule has 10 heteroatoms. The number of methoxy groups -OCH3 is 1. The Morgan fingerprint density at radius 2 is 1.61 bits per heavy atom. The van der Waals surface area contributed by atoms with Crippen molar-refractivity contribution in [2.24, 2.45) is 0 Å². The molecule has 0 fully saturated rings. The van der Waals surface area contributed by atoms with Gasteiger partial charge in [0.2, 0.25) is 21.8 Å². The van der Waals surface area contributed by atoms with Crippen LogP contribution in [0.1, 0.15) is 37.5 Å². The fourth-order valence-corrected chi connectivity index (χ4v) is 5.35. The van der Waals surface area contributed by atoms with Gasteiger partial charge in [-0.15, -0.1) is 0 Å². The minimum absolute atomic E-state index is 0.0631. The maximum absolute atomic E-state index is 14.2. The lowest BCUT2D eigenvalue weighted by molar-refractivity contribution is -0.140. The molecular weight excluding hydrogens is 562 g/mol. The Labute approximate surface area is 248 Å². The highest BCUT2D eigenvalue weighted by atomic mass is 35.5. The Bertz CT molecular complexity index is 1460. The monoisotopic (exact) mass is 599 g/mol. The molecular formula is C31H38ClN3O5S. The molecule has 0 aliphatic carbocycles. The van der Waals surface area contributed by atoms with E-state index in [2.05, 4.69) is 5.32 Å². The third-order valence-corrected chi connectivity index (χ3v) is 7.70. The lowest BCUT2D eigenvalue weighted by Crippen LogP contribution is -2.56. The Balaban J connectivity index is 2.11. The molecule has 1 atom stereocenters. The minimum atomic E-state index is -3.92. The first-order valence-corrected chi connectivity index (χ1v) is 15.4. The molecule has 0 heterocycles. The summed E-state index contributed by atoms with van der Waals surface area (Å²) in [4.78, 5) is 29.4. The zero-order chi connectivity index (χ0) is 30.4. The number of ether oxygens (including phenoxy) is 1. The molecule has 0 spiro atoms. The number of nitrogens with zero attached hydrogens (tertiary/aromatic N) is 2. The van der Waals surface area contributed by atoms with E-state index >= 15 is 0 Å². The number of benzene rings is 3. The van der Waals surface area contributed by atoms with Crippen molar-refractivity contribution in [3.8, 4) is 5.75 Å². The number of aryl methyl sites for hydroxylation is 1. The van der Waals surface area contributed by atoms with Gasteiger partial charge < -0.3 is 15.0 Å². The molecule has 0 unspecified atom stereocenters. The summed E-state index contributed by atoms with van der Waals surface area (Å²) in [6.45, 7) is 6.96. The van der Waals surface area contributed by atoms with Crippen LogP contribution >= 0.6 is 11.6 Å². The number of carbonyl (C=O) groups is 2. The van der Waals surface area contributed by atoms with Crippen LogP contribution in [0.4, 0.5) is 5.69 Å². The fourth-order valence-electron chi connectivity index (χ4n) is 4.38. The van der Waals surface area contributed by atoms with Crippen molar-refractivity contribution < 1.29 is 22.7 Å². The van der Waals surface area contributed by atoms with Gasteiger partial charge in [0.25, 0.3) is 0 Å². The van der Waals surface area contributed by atoms with Gasteiger partial charge in [0.05, 0.1) is 19.1 Å². The second kappa shape index (κ2) is 13.4. The first-order chi connectivity index (χ1) is 19.2. The summed E-state index contributed by atoms with van der Waals surface area (Å²) in [7, 11) is -2.48. The van der Waals surface area contributed by atoms with E-state index in [-0.39, 0.29) is 24.6 Å². The van der Waals surface area contributed by atoms with Crippen molar-refractivity contribution in [2.75, 3.05) is 24.2 Å². The van der Waals surface area contributed by atoms with Crippen LogP contribution in [0.3, 0.4) is 0 Å². The van der Waals surface area contributed by atoms with Crippen molar-refractivity contribution in [3.63, 3.8) is 0 Å². The van der Waals surface area contributed by atoms with Crippen LogP contribution in [-0.2, 0) is 32.6 Å². The van der Waals surface area contributed by atoms with Gasteiger partial charge in [-0.2, -0.15) is 0 Å². The normalized spacial score (nSPS) is 12.4. The van der Waals surface area contributed by atoms with Crippen molar-refractivity contribution in [1.29, 1.82) is 0 Å². The SMILES string of the molecule is COc1ccc(C)cc1N(CC(=O)N(Cc1ccc(Cl)cc1)[C@@H](Cc1ccccc1)C(=O)NC(C)(C)C)S(C)(=O)=O. The number of hydrogen-bond donors (Lipinski definition) is 1. The van der Waals surface area contributed by atoms with Gasteiger partial charge in [-0.05, 0) is 68.7 Å². The van der Waals surface area contributed by atoms with Gasteiger partial charge in [0.1, 0.15) is 18.3 Å². The van der Waals surface area contributed by atoms with E-state index < -0.39 is 34.1 Å². The summed E-state index contributed by atoms with van der Waals surface area (Å²) >= 11 is 6.10. The molecule has 0 saturated heterocycles. The number of anilines is 1. The molecule has 41 heavy (non-hydrogen) atoms. The number of hydrogen-bond acceptors (Lipinski definition) is 5. The van der Waals surface area contributed by atoms with E-state index in [0.717, 1.165) is 27.3 Å². The second-order valence-electron chi connectivity index (χ2n) is 11.0. The highest BCUT2D eigenvalue weighted by Gasteiger charge is 2.35. The molecule has 0 aromatic heterocycles. The molecule has 0 bridgehead atoms. The first kappa shape index (κ1) is 32.0. The van der Waals surface area contributed by atoms with E-state index in [0.29, 0.717) is 10.8 Å². The summed E-state index contributed by atoms with van der Waals surface area (Å²) in [6.07, 6.45) is 1.27. The number of halogens is 1. The third kappa shape index (κ3) is 9.23. The molecule has 2 amide bonds. The summed E-state index contributed by atoms with van der Waals surface area (Å²) < 4.78 is 32.6. The average Bonchev–Trinajstić information content (AvgIpc) is 2.89. The molecule has 0 aliphatic rings. The second-order valence-corrected chi connectivity index (χ2v) is 13.4. The molecule has 1 N–H and O–H groups in total. The van der Waals surface area contributed by atoms with E-state index in [1.807, 2.05) is 58.0 Å². The molecule has 0 radical (unpaired) electrons. The summed E-state index contributed by atoms with van der Waals surface area (Å²) in [5.41, 5.74) is 2.08. The Kier molecular flexibility index (Phi) is 10.4. The van der Waals surface area contributed by atoms with E-state index in [9.17, 15) is 18.0 Å². The molecule has 3 rings (SSSR count). The minimum Gasteiger partial charge on any atom is -0.495 e. The zero-order valence-electron chi connectivity index (χ0n) is 24.3. The Hall–Kier alpha value is -3.56. The van der Waals surface area contributed by atoms with Crippen LogP contribution in [0, 0.1) is 6.92 Å². The van der Waals surface area contributed by atoms with Crippen molar-refractivity contribution in [2.45, 2.75) is 52.2 Å². The fraction of sp³-hybridized carbons (Fsp3) is 0.355. The maximum Gasteiger partial charge on any atom is 0.244 e. The van der Waals surface area contributed by atoms with Gasteiger partial charge in [-0.25, -0.2) is 8.42 Å². The number of sulfonamides is 1. The van der Waals surface area contributed by atoms with Gasteiger partial charge in [0, 0.05) is 23.5 Å². The average molecular weight is 600 g/mol. The molecule has 8 nitrogen and oxygen atoms in total. The van der Waals surface area contributed by atoms with Crippen molar-refractivity contribution >= 4 is 39.1 Å². The van der Waals surface area contributed by atoms with E-state index in [4.69, 9.17) is 16.3 Å². The summed E-state index contributed by atoms with van der Waals surface area (Å²) in [5, 5.41) is 3.54. The van der Waals surface area contributed by atoms with Crippen LogP contribution in [0.15, 0.2) is 72.8 Å². The van der Waals surface area contributed by atoms with Crippen LogP contribution < -0.4 is 14.4 Å². The van der Waals surface area contributed by atoms with Crippen molar-refractivity contribution in [3.05, 3.63) is 94.5 Å². The molecule has 3 aromatic carbocycles. The molecule has 220 valence electrons. The number of nitrogens with one attached hydrogen (secondary N) is 1. The van der Waals surface area contributed by atoms with Gasteiger partial charge in [0.15, 0.2) is 0 Å². The maximum atomic E-state index is 14.2. The lowest BCUT2D eigenvalue weighted by atomic mass is 10.0. The highest BCUT2D eigenvalue weighted by Crippen LogP contribution is 2.31. The molecule has 0 aliphatic heterocycles. The van der Waals surface area contributed by atoms with Crippen LogP contribution in [0.25, 0.3) is 0 Å². The van der Waals surface area contributed by atoms with Crippen LogP contribution in [0.5, 0.6) is 5.75 Å². The first-order valence-electron chi connectivity index (χ1n) is 13.2. The molecule has 0 saturated carbocycles. The van der Waals surface area contributed by atoms with Crippen molar-refractivity contribution in [1.82, 2.24) is 10.2 Å². The van der Waals surface area contributed by atoms with Crippen LogP contribution in [-0.4, -0.2) is 56.6 Å². The summed E-state index contributed by atoms with van der Waals surface area (Å²) in [5.74, 6) is -0.578. The zero-order valence-corrected chi connectivity index (χ0v) is 25.9. The Morgan fingerprint density at radius 3 is 2.17 bits per heavy atom. The van der Waals surface area contributed by atoms with Crippen LogP contribution in [0.2, 0.25) is 5.02 Å². The Morgan fingerprint density at radius 1 is 0.976 bits per heavy atom. The van der Waals surface area contributed by atoms with Gasteiger partial charge >= 0.3 is 0 Å². The summed E-state index contributed by atoms with van der Waals surface area (Å²) in [6, 6.07) is 20.6. The predicted molar refractivity (Wildman–Crippen MR) is 164 cm³/mol. The van der Waals surface area contributed by atoms with E-state index in [1.165, 1.54) is 12.0 Å². The quantitative estimate of drug-likeness (QED) is 0.335. The molecule has 3 aromatic rings. The third-order valence-electron chi connectivity index (χ3n) is 6.32. The largest absolute Gasteiger partial charge is 0.495 e. The number of rotatable bonds is 11. The predicted octanol–water partition coefficient (Wildman–Crippen LogP) is 4.98. The number of carbonyl (C=O) groups excluding carboxylic acids is 2. The van der Waals surface area contributed by atoms with E-state index in [1.54, 1.807) is 42.5 Å². The highest BCUT2D eigenvalue weighted by molar-refractivity contribution is 7.92. The standard InChI is InChI=1S/C31H38ClN3O5S/c1-22-12-17-28(40-5)26(18-22)35(41(6,38)39)21-29(36)34(20-24-13-15-25(32)16-14-24)27(30(37)33-31(2,3)4)19-23-10-8-7-9-11-23/h7-18,27H,19-21H2,1-6H3,(H,33,37)/t27-/m0/s1. The lowest BCUT2D eigenvalue weighted by Gasteiger charge is -2.35. The van der Waals surface area contributed by atoms with Gasteiger partial charge in [-0.1, -0.05) is 60.1 Å². The van der Waals surface area contributed by atoms with Gasteiger partial charge in [-0.3, -0.25) is 13.9 Å². The topological polar surface area (TPSA) is 96.0 Å². The smallest absolute Gasteiger partial charge is 0.244 e. The number of amides is 2.